The van der Waals surface area contributed by atoms with Crippen LogP contribution in [0.1, 0.15) is 21.9 Å². The molecule has 0 bridgehead atoms. The first-order chi connectivity index (χ1) is 6.74. The minimum Gasteiger partial charge on any atom is -0.461 e. The van der Waals surface area contributed by atoms with E-state index < -0.39 is 0 Å². The van der Waals surface area contributed by atoms with Crippen LogP contribution in [0.3, 0.4) is 0 Å². The predicted molar refractivity (Wildman–Crippen MR) is 53.6 cm³/mol. The van der Waals surface area contributed by atoms with Gasteiger partial charge in [0, 0.05) is 25.5 Å². The Morgan fingerprint density at radius 3 is 2.93 bits per heavy atom. The molecule has 0 spiro atoms. The summed E-state index contributed by atoms with van der Waals surface area (Å²) >= 11 is 1.44. The third kappa shape index (κ3) is 3.43. The molecule has 14 heavy (non-hydrogen) atoms. The number of aromatic nitrogens is 1. The van der Waals surface area contributed by atoms with Crippen molar-refractivity contribution in [1.29, 1.82) is 0 Å². The summed E-state index contributed by atoms with van der Waals surface area (Å²) in [5.41, 5.74) is 0.393. The number of rotatable bonds is 5. The quantitative estimate of drug-likeness (QED) is 0.553. The molecule has 4 nitrogen and oxygen atoms in total. The monoisotopic (exact) mass is 215 g/mol. The van der Waals surface area contributed by atoms with Crippen molar-refractivity contribution < 1.29 is 14.3 Å². The molecule has 0 unspecified atom stereocenters. The van der Waals surface area contributed by atoms with Crippen LogP contribution in [0.5, 0.6) is 0 Å². The van der Waals surface area contributed by atoms with Gasteiger partial charge in [-0.2, -0.15) is 0 Å². The normalized spacial score (nSPS) is 10.1. The maximum Gasteiger partial charge on any atom is 0.357 e. The Kier molecular flexibility index (Phi) is 4.55. The zero-order valence-corrected chi connectivity index (χ0v) is 9.10. The van der Waals surface area contributed by atoms with E-state index in [1.165, 1.54) is 11.3 Å². The van der Waals surface area contributed by atoms with E-state index in [9.17, 15) is 4.79 Å². The van der Waals surface area contributed by atoms with Crippen LogP contribution >= 0.6 is 11.3 Å². The van der Waals surface area contributed by atoms with Crippen molar-refractivity contribution in [3.05, 3.63) is 16.1 Å². The average Bonchev–Trinajstić information content (AvgIpc) is 2.59. The molecule has 0 radical (unpaired) electrons. The van der Waals surface area contributed by atoms with Crippen LogP contribution in [0.25, 0.3) is 0 Å². The SMILES string of the molecule is COCCCOC(=O)c1csc(C)n1. The molecule has 1 aromatic rings. The highest BCUT2D eigenvalue weighted by Crippen LogP contribution is 2.08. The van der Waals surface area contributed by atoms with E-state index in [1.807, 2.05) is 6.92 Å². The first kappa shape index (κ1) is 11.1. The van der Waals surface area contributed by atoms with Crippen molar-refractivity contribution in [2.75, 3.05) is 20.3 Å². The van der Waals surface area contributed by atoms with Crippen LogP contribution in [-0.2, 0) is 9.47 Å². The molecule has 0 N–H and O–H groups in total. The van der Waals surface area contributed by atoms with E-state index in [0.29, 0.717) is 25.3 Å². The summed E-state index contributed by atoms with van der Waals surface area (Å²) in [5.74, 6) is -0.356. The Morgan fingerprint density at radius 2 is 2.36 bits per heavy atom. The fraction of sp³-hybridized carbons (Fsp3) is 0.556. The maximum atomic E-state index is 11.3. The number of carbonyl (C=O) groups is 1. The van der Waals surface area contributed by atoms with Crippen molar-refractivity contribution in [2.45, 2.75) is 13.3 Å². The largest absolute Gasteiger partial charge is 0.461 e. The zero-order chi connectivity index (χ0) is 10.4. The second-order valence-electron chi connectivity index (χ2n) is 2.73. The van der Waals surface area contributed by atoms with E-state index in [1.54, 1.807) is 12.5 Å². The van der Waals surface area contributed by atoms with Crippen LogP contribution in [0.2, 0.25) is 0 Å². The topological polar surface area (TPSA) is 48.4 Å². The summed E-state index contributed by atoms with van der Waals surface area (Å²) in [6.07, 6.45) is 0.714. The fourth-order valence-corrected chi connectivity index (χ4v) is 1.48. The van der Waals surface area contributed by atoms with Crippen LogP contribution in [0.4, 0.5) is 0 Å². The smallest absolute Gasteiger partial charge is 0.357 e. The third-order valence-electron chi connectivity index (χ3n) is 1.55. The molecule has 1 heterocycles. The van der Waals surface area contributed by atoms with Crippen LogP contribution in [0.15, 0.2) is 5.38 Å². The molecule has 1 rings (SSSR count). The van der Waals surface area contributed by atoms with Gasteiger partial charge in [-0.1, -0.05) is 0 Å². The first-order valence-electron chi connectivity index (χ1n) is 4.32. The molecule has 0 aliphatic heterocycles. The lowest BCUT2D eigenvalue weighted by atomic mass is 10.4. The minimum atomic E-state index is -0.356. The standard InChI is InChI=1S/C9H13NO3S/c1-7-10-8(6-14-7)9(11)13-5-3-4-12-2/h6H,3-5H2,1-2H3. The molecular formula is C9H13NO3S. The summed E-state index contributed by atoms with van der Waals surface area (Å²) in [4.78, 5) is 15.3. The number of nitrogens with zero attached hydrogens (tertiary/aromatic N) is 1. The van der Waals surface area contributed by atoms with Crippen molar-refractivity contribution in [3.8, 4) is 0 Å². The lowest BCUT2D eigenvalue weighted by Gasteiger charge is -2.01. The van der Waals surface area contributed by atoms with Gasteiger partial charge in [0.05, 0.1) is 11.6 Å². The molecule has 1 aromatic heterocycles. The number of carbonyl (C=O) groups excluding carboxylic acids is 1. The predicted octanol–water partition coefficient (Wildman–Crippen LogP) is 1.64. The van der Waals surface area contributed by atoms with Gasteiger partial charge in [-0.15, -0.1) is 11.3 Å². The van der Waals surface area contributed by atoms with Crippen molar-refractivity contribution in [2.24, 2.45) is 0 Å². The van der Waals surface area contributed by atoms with E-state index in [4.69, 9.17) is 9.47 Å². The van der Waals surface area contributed by atoms with Gasteiger partial charge >= 0.3 is 5.97 Å². The second-order valence-corrected chi connectivity index (χ2v) is 3.80. The van der Waals surface area contributed by atoms with Gasteiger partial charge in [0.15, 0.2) is 5.69 Å². The summed E-state index contributed by atoms with van der Waals surface area (Å²) in [6.45, 7) is 2.83. The Balaban J connectivity index is 2.29. The van der Waals surface area contributed by atoms with Crippen LogP contribution in [-0.4, -0.2) is 31.3 Å². The van der Waals surface area contributed by atoms with Gasteiger partial charge in [0.2, 0.25) is 0 Å². The molecule has 0 saturated carbocycles. The van der Waals surface area contributed by atoms with E-state index in [2.05, 4.69) is 4.98 Å². The molecule has 0 aromatic carbocycles. The number of aryl methyl sites for hydroxylation is 1. The Morgan fingerprint density at radius 1 is 1.57 bits per heavy atom. The van der Waals surface area contributed by atoms with Crippen molar-refractivity contribution in [3.63, 3.8) is 0 Å². The molecule has 0 atom stereocenters. The average molecular weight is 215 g/mol. The number of esters is 1. The number of hydrogen-bond donors (Lipinski definition) is 0. The van der Waals surface area contributed by atoms with Gasteiger partial charge in [-0.25, -0.2) is 9.78 Å². The molecule has 0 saturated heterocycles. The molecule has 78 valence electrons. The minimum absolute atomic E-state index is 0.356. The molecule has 0 amide bonds. The molecular weight excluding hydrogens is 202 g/mol. The van der Waals surface area contributed by atoms with Crippen molar-refractivity contribution >= 4 is 17.3 Å². The van der Waals surface area contributed by atoms with Gasteiger partial charge in [0.1, 0.15) is 0 Å². The molecule has 0 fully saturated rings. The van der Waals surface area contributed by atoms with Crippen molar-refractivity contribution in [1.82, 2.24) is 4.98 Å². The summed E-state index contributed by atoms with van der Waals surface area (Å²) in [5, 5.41) is 2.57. The Bertz CT molecular complexity index is 298. The number of methoxy groups -OCH3 is 1. The van der Waals surface area contributed by atoms with Gasteiger partial charge in [0.25, 0.3) is 0 Å². The van der Waals surface area contributed by atoms with Gasteiger partial charge in [-0.3, -0.25) is 0 Å². The Hall–Kier alpha value is -0.940. The van der Waals surface area contributed by atoms with E-state index in [-0.39, 0.29) is 5.97 Å². The summed E-state index contributed by atoms with van der Waals surface area (Å²) in [7, 11) is 1.62. The number of thiazole rings is 1. The summed E-state index contributed by atoms with van der Waals surface area (Å²) < 4.78 is 9.80. The van der Waals surface area contributed by atoms with E-state index in [0.717, 1.165) is 5.01 Å². The lowest BCUT2D eigenvalue weighted by Crippen LogP contribution is -2.08. The zero-order valence-electron chi connectivity index (χ0n) is 8.28. The summed E-state index contributed by atoms with van der Waals surface area (Å²) in [6, 6.07) is 0. The van der Waals surface area contributed by atoms with E-state index >= 15 is 0 Å². The van der Waals surface area contributed by atoms with Gasteiger partial charge in [-0.05, 0) is 6.92 Å². The highest BCUT2D eigenvalue weighted by atomic mass is 32.1. The number of ether oxygens (including phenoxy) is 2. The Labute approximate surface area is 86.9 Å². The first-order valence-corrected chi connectivity index (χ1v) is 5.20. The van der Waals surface area contributed by atoms with Crippen LogP contribution in [0, 0.1) is 6.92 Å². The molecule has 0 aliphatic carbocycles. The van der Waals surface area contributed by atoms with Crippen LogP contribution < -0.4 is 0 Å². The maximum absolute atomic E-state index is 11.3. The number of hydrogen-bond acceptors (Lipinski definition) is 5. The second kappa shape index (κ2) is 5.72. The highest BCUT2D eigenvalue weighted by Gasteiger charge is 2.09. The third-order valence-corrected chi connectivity index (χ3v) is 2.33. The highest BCUT2D eigenvalue weighted by molar-refractivity contribution is 7.09. The van der Waals surface area contributed by atoms with Gasteiger partial charge < -0.3 is 9.47 Å². The molecule has 0 aliphatic rings. The fourth-order valence-electron chi connectivity index (χ4n) is 0.899. The molecule has 5 heteroatoms. The lowest BCUT2D eigenvalue weighted by molar-refractivity contribution is 0.0462.